The minimum absolute atomic E-state index is 0.0666. The van der Waals surface area contributed by atoms with Crippen LogP contribution in [0.5, 0.6) is 5.88 Å². The Balaban J connectivity index is 1.45. The van der Waals surface area contributed by atoms with E-state index in [1.807, 2.05) is 0 Å². The summed E-state index contributed by atoms with van der Waals surface area (Å²) in [7, 11) is 0. The second-order valence-corrected chi connectivity index (χ2v) is 11.8. The van der Waals surface area contributed by atoms with Gasteiger partial charge in [0.2, 0.25) is 5.88 Å². The predicted molar refractivity (Wildman–Crippen MR) is 151 cm³/mol. The van der Waals surface area contributed by atoms with E-state index in [2.05, 4.69) is 20.4 Å². The lowest BCUT2D eigenvalue weighted by Crippen LogP contribution is -2.39. The second kappa shape index (κ2) is 12.4. The number of thiazole rings is 1. The topological polar surface area (TPSA) is 138 Å². The van der Waals surface area contributed by atoms with Crippen molar-refractivity contribution in [1.82, 2.24) is 24.6 Å². The van der Waals surface area contributed by atoms with Gasteiger partial charge >= 0.3 is 6.09 Å². The number of hydrogen-bond acceptors (Lipinski definition) is 10. The Morgan fingerprint density at radius 3 is 2.76 bits per heavy atom. The maximum absolute atomic E-state index is 13.4. The monoisotopic (exact) mass is 582 g/mol. The lowest BCUT2D eigenvalue weighted by atomic mass is 10.1. The number of anilines is 1. The minimum Gasteiger partial charge on any atom is -0.476 e. The van der Waals surface area contributed by atoms with Gasteiger partial charge in [0.05, 0.1) is 18.3 Å². The molecule has 2 aliphatic heterocycles. The Kier molecular flexibility index (Phi) is 8.64. The first-order valence-electron chi connectivity index (χ1n) is 13.7. The van der Waals surface area contributed by atoms with Gasteiger partial charge in [0.15, 0.2) is 11.5 Å². The van der Waals surface area contributed by atoms with Gasteiger partial charge in [-0.1, -0.05) is 0 Å². The molecule has 3 aromatic rings. The first-order chi connectivity index (χ1) is 19.7. The zero-order valence-corrected chi connectivity index (χ0v) is 24.2. The SMILES string of the molecule is CC(C)(C)OC(=O)N1CCCC(=O)c2nn(C3CCOCC3)cc2NC(=O)c2csc(n2)-c2ccnc(c2)OCC1. The number of carbonyl (C=O) groups is 3. The number of fused-ring (bicyclic) bond motifs is 6. The molecule has 5 rings (SSSR count). The molecule has 1 fully saturated rings. The van der Waals surface area contributed by atoms with Gasteiger partial charge in [-0.15, -0.1) is 11.3 Å². The number of ketones is 1. The number of aromatic nitrogens is 4. The van der Waals surface area contributed by atoms with Crippen molar-refractivity contribution in [3.8, 4) is 16.5 Å². The normalized spacial score (nSPS) is 17.6. The van der Waals surface area contributed by atoms with Crippen LogP contribution in [0, 0.1) is 0 Å². The first kappa shape index (κ1) is 28.7. The van der Waals surface area contributed by atoms with Crippen LogP contribution in [0.1, 0.15) is 73.5 Å². The molecule has 0 aliphatic carbocycles. The summed E-state index contributed by atoms with van der Waals surface area (Å²) >= 11 is 1.31. The van der Waals surface area contributed by atoms with E-state index in [-0.39, 0.29) is 49.3 Å². The molecule has 12 nitrogen and oxygen atoms in total. The number of nitrogens with one attached hydrogen (secondary N) is 1. The summed E-state index contributed by atoms with van der Waals surface area (Å²) in [4.78, 5) is 49.9. The van der Waals surface area contributed by atoms with Crippen LogP contribution in [0.4, 0.5) is 10.5 Å². The molecule has 5 heterocycles. The van der Waals surface area contributed by atoms with E-state index in [1.165, 1.54) is 16.2 Å². The summed E-state index contributed by atoms with van der Waals surface area (Å²) in [6.07, 6.45) is 4.86. The van der Waals surface area contributed by atoms with E-state index < -0.39 is 17.6 Å². The molecule has 13 heteroatoms. The standard InChI is InChI=1S/C28H34N6O6S/c1-28(2,3)40-27(37)33-10-4-5-22(35)24-20(16-34(32-24)19-7-12-38-13-8-19)30-25(36)21-17-41-26(31-21)18-6-9-29-23(15-18)39-14-11-33/h6,9,15-17,19H,4-5,7-8,10-14H2,1-3H3,(H,30,36). The van der Waals surface area contributed by atoms with Gasteiger partial charge in [-0.05, 0) is 46.1 Å². The average Bonchev–Trinajstić information content (AvgIpc) is 3.60. The fourth-order valence-electron chi connectivity index (χ4n) is 4.57. The molecule has 0 unspecified atom stereocenters. The quantitative estimate of drug-likeness (QED) is 0.436. The lowest BCUT2D eigenvalue weighted by Gasteiger charge is -2.27. The van der Waals surface area contributed by atoms with E-state index >= 15 is 0 Å². The number of nitrogens with zero attached hydrogens (tertiary/aromatic N) is 5. The highest BCUT2D eigenvalue weighted by Crippen LogP contribution is 2.28. The van der Waals surface area contributed by atoms with Gasteiger partial charge in [0.25, 0.3) is 5.91 Å². The van der Waals surface area contributed by atoms with Crippen LogP contribution < -0.4 is 10.1 Å². The molecule has 0 atom stereocenters. The Morgan fingerprint density at radius 1 is 1.17 bits per heavy atom. The summed E-state index contributed by atoms with van der Waals surface area (Å²) < 4.78 is 18.7. The molecule has 218 valence electrons. The number of ether oxygens (including phenoxy) is 3. The van der Waals surface area contributed by atoms with Crippen LogP contribution >= 0.6 is 11.3 Å². The van der Waals surface area contributed by atoms with E-state index in [0.717, 1.165) is 18.4 Å². The Hall–Kier alpha value is -3.84. The average molecular weight is 583 g/mol. The second-order valence-electron chi connectivity index (χ2n) is 10.9. The zero-order valence-electron chi connectivity index (χ0n) is 23.4. The van der Waals surface area contributed by atoms with Crippen molar-refractivity contribution in [3.63, 3.8) is 0 Å². The number of rotatable bonds is 1. The Morgan fingerprint density at radius 2 is 1.98 bits per heavy atom. The predicted octanol–water partition coefficient (Wildman–Crippen LogP) is 4.60. The summed E-state index contributed by atoms with van der Waals surface area (Å²) in [5.41, 5.74) is 0.827. The largest absolute Gasteiger partial charge is 0.476 e. The number of amides is 2. The lowest BCUT2D eigenvalue weighted by molar-refractivity contribution is 0.0221. The van der Waals surface area contributed by atoms with Gasteiger partial charge in [-0.2, -0.15) is 5.10 Å². The van der Waals surface area contributed by atoms with Crippen molar-refractivity contribution in [2.75, 3.05) is 38.2 Å². The van der Waals surface area contributed by atoms with E-state index in [1.54, 1.807) is 55.4 Å². The zero-order chi connectivity index (χ0) is 29.0. The first-order valence-corrected chi connectivity index (χ1v) is 14.6. The van der Waals surface area contributed by atoms with Crippen molar-refractivity contribution in [2.24, 2.45) is 0 Å². The van der Waals surface area contributed by atoms with Gasteiger partial charge in [0.1, 0.15) is 22.9 Å². The highest BCUT2D eigenvalue weighted by Gasteiger charge is 2.26. The van der Waals surface area contributed by atoms with Crippen molar-refractivity contribution in [2.45, 2.75) is 58.1 Å². The molecule has 0 saturated carbocycles. The number of hydrogen-bond donors (Lipinski definition) is 1. The molecule has 4 bridgehead atoms. The van der Waals surface area contributed by atoms with Crippen LogP contribution in [0.25, 0.3) is 10.6 Å². The van der Waals surface area contributed by atoms with Gasteiger partial charge < -0.3 is 24.4 Å². The smallest absolute Gasteiger partial charge is 0.410 e. The third-order valence-corrected chi connectivity index (χ3v) is 7.51. The highest BCUT2D eigenvalue weighted by atomic mass is 32.1. The van der Waals surface area contributed by atoms with E-state index in [0.29, 0.717) is 36.2 Å². The summed E-state index contributed by atoms with van der Waals surface area (Å²) in [5, 5.41) is 9.75. The molecule has 1 saturated heterocycles. The van der Waals surface area contributed by atoms with Crippen LogP contribution in [-0.2, 0) is 9.47 Å². The van der Waals surface area contributed by atoms with Crippen molar-refractivity contribution >= 4 is 34.8 Å². The third-order valence-electron chi connectivity index (χ3n) is 6.62. The molecule has 3 aromatic heterocycles. The van der Waals surface area contributed by atoms with Gasteiger partial charge in [-0.3, -0.25) is 14.3 Å². The molecule has 0 aromatic carbocycles. The van der Waals surface area contributed by atoms with Crippen molar-refractivity contribution in [1.29, 1.82) is 0 Å². The molecule has 0 spiro atoms. The molecule has 41 heavy (non-hydrogen) atoms. The minimum atomic E-state index is -0.674. The van der Waals surface area contributed by atoms with Crippen molar-refractivity contribution < 1.29 is 28.6 Å². The van der Waals surface area contributed by atoms with Gasteiger partial charge in [0, 0.05) is 55.6 Å². The molecule has 2 aliphatic rings. The summed E-state index contributed by atoms with van der Waals surface area (Å²) in [6, 6.07) is 3.60. The number of carbonyl (C=O) groups excluding carboxylic acids is 3. The van der Waals surface area contributed by atoms with Crippen LogP contribution in [0.2, 0.25) is 0 Å². The maximum atomic E-state index is 13.4. The summed E-state index contributed by atoms with van der Waals surface area (Å²) in [6.45, 7) is 7.33. The van der Waals surface area contributed by atoms with Crippen LogP contribution in [0.3, 0.4) is 0 Å². The molecule has 2 amide bonds. The number of pyridine rings is 1. The van der Waals surface area contributed by atoms with Gasteiger partial charge in [-0.25, -0.2) is 14.8 Å². The molecular weight excluding hydrogens is 548 g/mol. The van der Waals surface area contributed by atoms with Crippen LogP contribution in [-0.4, -0.2) is 80.9 Å². The van der Waals surface area contributed by atoms with E-state index in [4.69, 9.17) is 14.2 Å². The highest BCUT2D eigenvalue weighted by molar-refractivity contribution is 7.13. The Labute approximate surface area is 242 Å². The van der Waals surface area contributed by atoms with E-state index in [9.17, 15) is 14.4 Å². The molecule has 1 N–H and O–H groups in total. The Bertz CT molecular complexity index is 1410. The summed E-state index contributed by atoms with van der Waals surface area (Å²) in [5.74, 6) is -0.295. The van der Waals surface area contributed by atoms with Crippen LogP contribution in [0.15, 0.2) is 29.9 Å². The molecule has 0 radical (unpaired) electrons. The maximum Gasteiger partial charge on any atom is 0.410 e. The number of Topliss-reactive ketones (excluding diaryl/α,β-unsaturated/α-hetero) is 1. The third kappa shape index (κ3) is 7.27. The fourth-order valence-corrected chi connectivity index (χ4v) is 5.37. The molecular formula is C28H34N6O6S. The fraction of sp³-hybridized carbons (Fsp3) is 0.500. The van der Waals surface area contributed by atoms with Crippen molar-refractivity contribution in [3.05, 3.63) is 41.3 Å².